The minimum absolute atomic E-state index is 0.0537. The number of rotatable bonds is 7. The summed E-state index contributed by atoms with van der Waals surface area (Å²) in [5, 5.41) is 5.92. The van der Waals surface area contributed by atoms with Crippen LogP contribution in [0.15, 0.2) is 42.5 Å². The predicted octanol–water partition coefficient (Wildman–Crippen LogP) is 3.02. The Kier molecular flexibility index (Phi) is 6.53. The van der Waals surface area contributed by atoms with Crippen molar-refractivity contribution in [2.45, 2.75) is 20.4 Å². The molecule has 0 saturated heterocycles. The number of amides is 1. The van der Waals surface area contributed by atoms with Crippen LogP contribution in [0.2, 0.25) is 0 Å². The Bertz CT molecular complexity index is 1020. The summed E-state index contributed by atoms with van der Waals surface area (Å²) in [7, 11) is 1.79. The van der Waals surface area contributed by atoms with Crippen LogP contribution >= 0.6 is 0 Å². The van der Waals surface area contributed by atoms with Crippen molar-refractivity contribution in [3.05, 3.63) is 65.2 Å². The standard InChI is InChI=1S/C21H24FN7O/c1-13-5-4-6-14(2)19(13)27-18(30)12-29(3)11-17-25-20(23)28-21(26-17)24-16-9-7-15(22)8-10-16/h4-10H,11-12H2,1-3H3,(H,27,30)(H3,23,24,25,26,28). The molecular formula is C21H24FN7O. The lowest BCUT2D eigenvalue weighted by atomic mass is 10.1. The molecule has 0 bridgehead atoms. The molecule has 0 aliphatic rings. The van der Waals surface area contributed by atoms with E-state index in [0.29, 0.717) is 18.1 Å². The van der Waals surface area contributed by atoms with Gasteiger partial charge < -0.3 is 16.4 Å². The highest BCUT2D eigenvalue weighted by atomic mass is 19.1. The van der Waals surface area contributed by atoms with Crippen LogP contribution < -0.4 is 16.4 Å². The molecule has 0 atom stereocenters. The molecule has 0 aliphatic carbocycles. The molecule has 1 aromatic heterocycles. The van der Waals surface area contributed by atoms with Gasteiger partial charge in [0.1, 0.15) is 11.6 Å². The van der Waals surface area contributed by atoms with Gasteiger partial charge in [-0.15, -0.1) is 0 Å². The van der Waals surface area contributed by atoms with Crippen LogP contribution in [0.5, 0.6) is 0 Å². The fraction of sp³-hybridized carbons (Fsp3) is 0.238. The minimum Gasteiger partial charge on any atom is -0.368 e. The molecule has 4 N–H and O–H groups in total. The van der Waals surface area contributed by atoms with Crippen molar-refractivity contribution in [1.29, 1.82) is 0 Å². The number of benzene rings is 2. The molecule has 9 heteroatoms. The van der Waals surface area contributed by atoms with Crippen molar-refractivity contribution < 1.29 is 9.18 Å². The van der Waals surface area contributed by atoms with E-state index in [1.165, 1.54) is 12.1 Å². The van der Waals surface area contributed by atoms with E-state index in [0.717, 1.165) is 16.8 Å². The summed E-state index contributed by atoms with van der Waals surface area (Å²) in [4.78, 5) is 26.7. The highest BCUT2D eigenvalue weighted by Gasteiger charge is 2.13. The smallest absolute Gasteiger partial charge is 0.238 e. The first-order valence-corrected chi connectivity index (χ1v) is 9.38. The van der Waals surface area contributed by atoms with Crippen LogP contribution in [0.1, 0.15) is 17.0 Å². The highest BCUT2D eigenvalue weighted by Crippen LogP contribution is 2.19. The first kappa shape index (κ1) is 21.1. The summed E-state index contributed by atoms with van der Waals surface area (Å²) in [5.74, 6) is 0.240. The molecule has 0 saturated carbocycles. The van der Waals surface area contributed by atoms with Gasteiger partial charge in [-0.3, -0.25) is 9.69 Å². The summed E-state index contributed by atoms with van der Waals surface area (Å²) in [6.45, 7) is 4.36. The molecule has 8 nitrogen and oxygen atoms in total. The lowest BCUT2D eigenvalue weighted by Crippen LogP contribution is -2.31. The van der Waals surface area contributed by atoms with E-state index in [-0.39, 0.29) is 30.2 Å². The number of carbonyl (C=O) groups is 1. The van der Waals surface area contributed by atoms with Crippen molar-refractivity contribution in [1.82, 2.24) is 19.9 Å². The molecule has 0 unspecified atom stereocenters. The third-order valence-corrected chi connectivity index (χ3v) is 4.37. The summed E-state index contributed by atoms with van der Waals surface area (Å²) < 4.78 is 13.1. The van der Waals surface area contributed by atoms with Gasteiger partial charge in [-0.2, -0.15) is 15.0 Å². The fourth-order valence-corrected chi connectivity index (χ4v) is 2.96. The number of nitrogens with two attached hydrogens (primary N) is 1. The van der Waals surface area contributed by atoms with Gasteiger partial charge in [-0.1, -0.05) is 18.2 Å². The number of carbonyl (C=O) groups excluding carboxylic acids is 1. The normalized spacial score (nSPS) is 10.8. The van der Waals surface area contributed by atoms with E-state index in [9.17, 15) is 9.18 Å². The Balaban J connectivity index is 1.63. The third-order valence-electron chi connectivity index (χ3n) is 4.37. The first-order chi connectivity index (χ1) is 14.3. The van der Waals surface area contributed by atoms with Gasteiger partial charge in [-0.05, 0) is 56.3 Å². The van der Waals surface area contributed by atoms with E-state index < -0.39 is 0 Å². The zero-order valence-corrected chi connectivity index (χ0v) is 17.1. The SMILES string of the molecule is Cc1cccc(C)c1NC(=O)CN(C)Cc1nc(N)nc(Nc2ccc(F)cc2)n1. The molecule has 0 spiro atoms. The molecular weight excluding hydrogens is 385 g/mol. The second-order valence-electron chi connectivity index (χ2n) is 7.05. The van der Waals surface area contributed by atoms with Crippen LogP contribution in [0.4, 0.5) is 27.7 Å². The minimum atomic E-state index is -0.336. The average molecular weight is 409 g/mol. The molecule has 0 aliphatic heterocycles. The van der Waals surface area contributed by atoms with Crippen molar-refractivity contribution in [2.75, 3.05) is 30.0 Å². The zero-order valence-electron chi connectivity index (χ0n) is 17.1. The molecule has 0 radical (unpaired) electrons. The number of halogens is 1. The quantitative estimate of drug-likeness (QED) is 0.550. The number of aryl methyl sites for hydroxylation is 2. The molecule has 0 fully saturated rings. The van der Waals surface area contributed by atoms with Crippen molar-refractivity contribution in [3.63, 3.8) is 0 Å². The van der Waals surface area contributed by atoms with E-state index in [4.69, 9.17) is 5.73 Å². The number of nitrogens with zero attached hydrogens (tertiary/aromatic N) is 4. The number of aromatic nitrogens is 3. The Morgan fingerprint density at radius 2 is 1.73 bits per heavy atom. The van der Waals surface area contributed by atoms with Crippen LogP contribution in [0, 0.1) is 19.7 Å². The number of nitrogens with one attached hydrogen (secondary N) is 2. The van der Waals surface area contributed by atoms with Crippen molar-refractivity contribution >= 4 is 29.2 Å². The van der Waals surface area contributed by atoms with Gasteiger partial charge in [0.2, 0.25) is 17.8 Å². The van der Waals surface area contributed by atoms with Gasteiger partial charge in [0.05, 0.1) is 13.1 Å². The average Bonchev–Trinajstić information content (AvgIpc) is 2.66. The number of anilines is 4. The zero-order chi connectivity index (χ0) is 21.7. The summed E-state index contributed by atoms with van der Waals surface area (Å²) >= 11 is 0. The van der Waals surface area contributed by atoms with E-state index in [1.807, 2.05) is 32.0 Å². The Labute approximate surface area is 174 Å². The van der Waals surface area contributed by atoms with Crippen LogP contribution in [-0.4, -0.2) is 39.4 Å². The Morgan fingerprint density at radius 3 is 2.40 bits per heavy atom. The number of likely N-dealkylation sites (N-methyl/N-ethyl adjacent to an activating group) is 1. The number of hydrogen-bond donors (Lipinski definition) is 3. The van der Waals surface area contributed by atoms with Crippen molar-refractivity contribution in [3.8, 4) is 0 Å². The second kappa shape index (κ2) is 9.27. The first-order valence-electron chi connectivity index (χ1n) is 9.38. The molecule has 1 amide bonds. The predicted molar refractivity (Wildman–Crippen MR) is 115 cm³/mol. The second-order valence-corrected chi connectivity index (χ2v) is 7.05. The number of nitrogen functional groups attached to an aromatic ring is 1. The maximum absolute atomic E-state index is 13.1. The van der Waals surface area contributed by atoms with E-state index in [1.54, 1.807) is 24.1 Å². The largest absolute Gasteiger partial charge is 0.368 e. The molecule has 3 rings (SSSR count). The molecule has 156 valence electrons. The lowest BCUT2D eigenvalue weighted by molar-refractivity contribution is -0.117. The van der Waals surface area contributed by atoms with Gasteiger partial charge in [0, 0.05) is 11.4 Å². The fourth-order valence-electron chi connectivity index (χ4n) is 2.96. The van der Waals surface area contributed by atoms with Crippen LogP contribution in [0.3, 0.4) is 0 Å². The maximum Gasteiger partial charge on any atom is 0.238 e. The van der Waals surface area contributed by atoms with Gasteiger partial charge in [-0.25, -0.2) is 4.39 Å². The Hall–Kier alpha value is -3.59. The van der Waals surface area contributed by atoms with E-state index in [2.05, 4.69) is 25.6 Å². The topological polar surface area (TPSA) is 109 Å². The van der Waals surface area contributed by atoms with Crippen molar-refractivity contribution in [2.24, 2.45) is 0 Å². The van der Waals surface area contributed by atoms with Gasteiger partial charge in [0.25, 0.3) is 0 Å². The Morgan fingerprint density at radius 1 is 1.07 bits per heavy atom. The summed E-state index contributed by atoms with van der Waals surface area (Å²) in [6, 6.07) is 11.7. The highest BCUT2D eigenvalue weighted by molar-refractivity contribution is 5.93. The van der Waals surface area contributed by atoms with Gasteiger partial charge in [0.15, 0.2) is 0 Å². The molecule has 1 heterocycles. The third kappa shape index (κ3) is 5.71. The van der Waals surface area contributed by atoms with Crippen LogP contribution in [0.25, 0.3) is 0 Å². The number of hydrogen-bond acceptors (Lipinski definition) is 7. The number of para-hydroxylation sites is 1. The molecule has 30 heavy (non-hydrogen) atoms. The van der Waals surface area contributed by atoms with E-state index >= 15 is 0 Å². The van der Waals surface area contributed by atoms with Gasteiger partial charge >= 0.3 is 0 Å². The molecule has 3 aromatic rings. The summed E-state index contributed by atoms with van der Waals surface area (Å²) in [6.07, 6.45) is 0. The molecule has 2 aromatic carbocycles. The lowest BCUT2D eigenvalue weighted by Gasteiger charge is -2.17. The maximum atomic E-state index is 13.1. The monoisotopic (exact) mass is 409 g/mol. The van der Waals surface area contributed by atoms with Crippen LogP contribution in [-0.2, 0) is 11.3 Å². The summed E-state index contributed by atoms with van der Waals surface area (Å²) in [5.41, 5.74) is 9.25.